The van der Waals surface area contributed by atoms with Gasteiger partial charge in [-0.2, -0.15) is 0 Å². The van der Waals surface area contributed by atoms with Gasteiger partial charge in [-0.15, -0.1) is 0 Å². The number of amides is 1. The minimum atomic E-state index is -0.797. The summed E-state index contributed by atoms with van der Waals surface area (Å²) in [5.41, 5.74) is 1.16. The smallest absolute Gasteiger partial charge is 0.303 e. The fourth-order valence-corrected chi connectivity index (χ4v) is 2.82. The van der Waals surface area contributed by atoms with E-state index in [2.05, 4.69) is 0 Å². The van der Waals surface area contributed by atoms with Crippen LogP contribution in [0.25, 0.3) is 0 Å². The highest BCUT2D eigenvalue weighted by molar-refractivity contribution is 5.76. The molecular formula is C18H25NO4. The molecule has 1 N–H and O–H groups in total. The van der Waals surface area contributed by atoms with Crippen LogP contribution in [-0.4, -0.2) is 41.6 Å². The zero-order valence-electron chi connectivity index (χ0n) is 13.4. The van der Waals surface area contributed by atoms with Gasteiger partial charge in [0.1, 0.15) is 0 Å². The maximum atomic E-state index is 12.1. The number of aliphatic carboxylic acids is 1. The highest BCUT2D eigenvalue weighted by atomic mass is 16.5. The molecule has 1 unspecified atom stereocenters. The Hall–Kier alpha value is -1.88. The summed E-state index contributed by atoms with van der Waals surface area (Å²) >= 11 is 0. The van der Waals surface area contributed by atoms with Gasteiger partial charge in [0, 0.05) is 31.8 Å². The summed E-state index contributed by atoms with van der Waals surface area (Å²) in [6.07, 6.45) is 2.79. The van der Waals surface area contributed by atoms with Crippen molar-refractivity contribution in [3.05, 3.63) is 35.9 Å². The lowest BCUT2D eigenvalue weighted by Gasteiger charge is -2.16. The lowest BCUT2D eigenvalue weighted by atomic mass is 10.1. The van der Waals surface area contributed by atoms with Gasteiger partial charge in [-0.25, -0.2) is 0 Å². The van der Waals surface area contributed by atoms with Crippen molar-refractivity contribution in [3.8, 4) is 0 Å². The van der Waals surface area contributed by atoms with E-state index in [0.717, 1.165) is 25.1 Å². The predicted molar refractivity (Wildman–Crippen MR) is 86.9 cm³/mol. The molecule has 1 heterocycles. The first-order valence-electron chi connectivity index (χ1n) is 8.26. The van der Waals surface area contributed by atoms with Gasteiger partial charge in [0.25, 0.3) is 0 Å². The largest absolute Gasteiger partial charge is 0.481 e. The second kappa shape index (κ2) is 9.30. The van der Waals surface area contributed by atoms with Crippen LogP contribution in [0.15, 0.2) is 30.3 Å². The van der Waals surface area contributed by atoms with Crippen molar-refractivity contribution in [2.24, 2.45) is 5.92 Å². The number of carboxylic acid groups (broad SMARTS) is 1. The fraction of sp³-hybridized carbons (Fsp3) is 0.556. The van der Waals surface area contributed by atoms with Gasteiger partial charge < -0.3 is 14.7 Å². The third kappa shape index (κ3) is 6.40. The number of carbonyl (C=O) groups excluding carboxylic acids is 1. The summed E-state index contributed by atoms with van der Waals surface area (Å²) in [4.78, 5) is 24.4. The number of carboxylic acids is 1. The molecule has 0 aromatic heterocycles. The Morgan fingerprint density at radius 2 is 1.91 bits per heavy atom. The van der Waals surface area contributed by atoms with E-state index in [1.54, 1.807) is 0 Å². The Balaban J connectivity index is 1.59. The van der Waals surface area contributed by atoms with Crippen LogP contribution < -0.4 is 0 Å². The Morgan fingerprint density at radius 1 is 1.17 bits per heavy atom. The first kappa shape index (κ1) is 17.5. The number of unbranched alkanes of at least 4 members (excludes halogenated alkanes) is 1. The molecule has 0 radical (unpaired) electrons. The first-order valence-corrected chi connectivity index (χ1v) is 8.26. The average molecular weight is 319 g/mol. The Kier molecular flexibility index (Phi) is 7.07. The minimum Gasteiger partial charge on any atom is -0.481 e. The summed E-state index contributed by atoms with van der Waals surface area (Å²) in [6.45, 7) is 2.84. The van der Waals surface area contributed by atoms with Crippen LogP contribution in [0, 0.1) is 5.92 Å². The maximum Gasteiger partial charge on any atom is 0.303 e. The Morgan fingerprint density at radius 3 is 2.65 bits per heavy atom. The zero-order valence-corrected chi connectivity index (χ0v) is 13.4. The van der Waals surface area contributed by atoms with E-state index < -0.39 is 5.97 Å². The molecule has 0 bridgehead atoms. The van der Waals surface area contributed by atoms with E-state index in [1.165, 1.54) is 0 Å². The molecule has 1 aromatic carbocycles. The molecule has 5 nitrogen and oxygen atoms in total. The molecule has 1 aliphatic heterocycles. The number of rotatable bonds is 9. The van der Waals surface area contributed by atoms with Crippen LogP contribution in [-0.2, 0) is 20.9 Å². The monoisotopic (exact) mass is 319 g/mol. The molecular weight excluding hydrogens is 294 g/mol. The van der Waals surface area contributed by atoms with Crippen molar-refractivity contribution in [2.75, 3.05) is 19.7 Å². The highest BCUT2D eigenvalue weighted by Gasteiger charge is 2.25. The second-order valence-corrected chi connectivity index (χ2v) is 6.10. The van der Waals surface area contributed by atoms with Crippen LogP contribution >= 0.6 is 0 Å². The van der Waals surface area contributed by atoms with Crippen LogP contribution in [0.5, 0.6) is 0 Å². The zero-order chi connectivity index (χ0) is 16.5. The molecule has 1 fully saturated rings. The number of nitrogens with zero attached hydrogens (tertiary/aromatic N) is 1. The van der Waals surface area contributed by atoms with Crippen LogP contribution in [0.2, 0.25) is 0 Å². The van der Waals surface area contributed by atoms with Crippen molar-refractivity contribution in [2.45, 2.75) is 38.7 Å². The molecule has 5 heteroatoms. The van der Waals surface area contributed by atoms with Crippen molar-refractivity contribution in [1.82, 2.24) is 4.90 Å². The summed E-state index contributed by atoms with van der Waals surface area (Å²) < 4.78 is 5.75. The van der Waals surface area contributed by atoms with E-state index in [0.29, 0.717) is 38.4 Å². The average Bonchev–Trinajstić information content (AvgIpc) is 3.01. The van der Waals surface area contributed by atoms with E-state index in [-0.39, 0.29) is 12.3 Å². The summed E-state index contributed by atoms with van der Waals surface area (Å²) in [7, 11) is 0. The van der Waals surface area contributed by atoms with Gasteiger partial charge in [0.2, 0.25) is 5.91 Å². The number of likely N-dealkylation sites (tertiary alicyclic amines) is 1. The predicted octanol–water partition coefficient (Wildman–Crippen LogP) is 2.70. The molecule has 0 saturated carbocycles. The molecule has 1 amide bonds. The molecule has 0 spiro atoms. The number of carbonyl (C=O) groups is 2. The number of ether oxygens (including phenoxy) is 1. The second-order valence-electron chi connectivity index (χ2n) is 6.10. The van der Waals surface area contributed by atoms with E-state index >= 15 is 0 Å². The maximum absolute atomic E-state index is 12.1. The van der Waals surface area contributed by atoms with Gasteiger partial charge in [0.05, 0.1) is 13.2 Å². The number of hydrogen-bond acceptors (Lipinski definition) is 3. The molecule has 1 saturated heterocycles. The number of benzene rings is 1. The van der Waals surface area contributed by atoms with Crippen LogP contribution in [0.1, 0.15) is 37.7 Å². The molecule has 0 aliphatic carbocycles. The lowest BCUT2D eigenvalue weighted by molar-refractivity contribution is -0.137. The normalized spacial score (nSPS) is 17.4. The van der Waals surface area contributed by atoms with Gasteiger partial charge in [0.15, 0.2) is 0 Å². The van der Waals surface area contributed by atoms with Crippen molar-refractivity contribution in [3.63, 3.8) is 0 Å². The van der Waals surface area contributed by atoms with Gasteiger partial charge in [-0.3, -0.25) is 9.59 Å². The fourth-order valence-electron chi connectivity index (χ4n) is 2.82. The van der Waals surface area contributed by atoms with Crippen molar-refractivity contribution >= 4 is 11.9 Å². The van der Waals surface area contributed by atoms with E-state index in [1.807, 2.05) is 35.2 Å². The lowest BCUT2D eigenvalue weighted by Crippen LogP contribution is -2.29. The topological polar surface area (TPSA) is 66.8 Å². The minimum absolute atomic E-state index is 0.140. The molecule has 1 atom stereocenters. The van der Waals surface area contributed by atoms with Gasteiger partial charge in [-0.05, 0) is 24.8 Å². The molecule has 2 rings (SSSR count). The van der Waals surface area contributed by atoms with E-state index in [4.69, 9.17) is 9.84 Å². The van der Waals surface area contributed by atoms with Crippen LogP contribution in [0.3, 0.4) is 0 Å². The summed E-state index contributed by atoms with van der Waals surface area (Å²) in [5, 5.41) is 8.58. The molecule has 23 heavy (non-hydrogen) atoms. The third-order valence-electron chi connectivity index (χ3n) is 4.13. The Labute approximate surface area is 137 Å². The number of hydrogen-bond donors (Lipinski definition) is 1. The van der Waals surface area contributed by atoms with Crippen molar-refractivity contribution < 1.29 is 19.4 Å². The van der Waals surface area contributed by atoms with Gasteiger partial charge in [-0.1, -0.05) is 30.3 Å². The standard InChI is InChI=1S/C18H25NO4/c20-17(8-4-5-9-18(21)22)19-11-10-16(12-19)14-23-13-15-6-2-1-3-7-15/h1-3,6-7,16H,4-5,8-14H2,(H,21,22). The quantitative estimate of drug-likeness (QED) is 0.711. The first-order chi connectivity index (χ1) is 11.1. The summed E-state index contributed by atoms with van der Waals surface area (Å²) in [5.74, 6) is -0.253. The van der Waals surface area contributed by atoms with Crippen molar-refractivity contribution in [1.29, 1.82) is 0 Å². The van der Waals surface area contributed by atoms with Gasteiger partial charge >= 0.3 is 5.97 Å². The molecule has 126 valence electrons. The molecule has 1 aromatic rings. The summed E-state index contributed by atoms with van der Waals surface area (Å²) in [6, 6.07) is 10.1. The SMILES string of the molecule is O=C(O)CCCCC(=O)N1CCC(COCc2ccccc2)C1. The Bertz CT molecular complexity index is 503. The van der Waals surface area contributed by atoms with E-state index in [9.17, 15) is 9.59 Å². The highest BCUT2D eigenvalue weighted by Crippen LogP contribution is 2.18. The van der Waals surface area contributed by atoms with Crippen LogP contribution in [0.4, 0.5) is 0 Å². The third-order valence-corrected chi connectivity index (χ3v) is 4.13. The molecule has 1 aliphatic rings.